The van der Waals surface area contributed by atoms with Gasteiger partial charge >= 0.3 is 0 Å². The zero-order valence-corrected chi connectivity index (χ0v) is 13.0. The minimum Gasteiger partial charge on any atom is -0.484 e. The number of carbonyl (C=O) groups is 1. The largest absolute Gasteiger partial charge is 0.484 e. The summed E-state index contributed by atoms with van der Waals surface area (Å²) >= 11 is 3.38. The van der Waals surface area contributed by atoms with Crippen molar-refractivity contribution in [3.63, 3.8) is 0 Å². The molecule has 4 nitrogen and oxygen atoms in total. The van der Waals surface area contributed by atoms with Gasteiger partial charge in [0.1, 0.15) is 5.75 Å². The fraction of sp³-hybridized carbons (Fsp3) is 0.400. The van der Waals surface area contributed by atoms with E-state index in [1.54, 1.807) is 0 Å². The first-order chi connectivity index (χ1) is 9.69. The summed E-state index contributed by atoms with van der Waals surface area (Å²) in [6, 6.07) is 7.51. The highest BCUT2D eigenvalue weighted by atomic mass is 79.9. The molecule has 1 fully saturated rings. The first-order valence-electron chi connectivity index (χ1n) is 6.68. The van der Waals surface area contributed by atoms with Crippen LogP contribution in [0.1, 0.15) is 0 Å². The number of carbonyl (C=O) groups excluding carboxylic acids is 1. The molecule has 1 heterocycles. The molecule has 2 rings (SSSR count). The molecule has 0 unspecified atom stereocenters. The first-order valence-corrected chi connectivity index (χ1v) is 7.48. The minimum atomic E-state index is 0.0447. The molecule has 1 aliphatic rings. The molecule has 0 bridgehead atoms. The number of ether oxygens (including phenoxy) is 1. The Labute approximate surface area is 128 Å². The maximum atomic E-state index is 12.1. The van der Waals surface area contributed by atoms with Crippen LogP contribution in [0.2, 0.25) is 0 Å². The van der Waals surface area contributed by atoms with Crippen molar-refractivity contribution in [3.05, 3.63) is 41.4 Å². The number of amides is 1. The predicted molar refractivity (Wildman–Crippen MR) is 82.9 cm³/mol. The average molecular weight is 339 g/mol. The second kappa shape index (κ2) is 7.45. The lowest BCUT2D eigenvalue weighted by molar-refractivity contribution is -0.135. The van der Waals surface area contributed by atoms with Crippen molar-refractivity contribution in [1.82, 2.24) is 9.80 Å². The van der Waals surface area contributed by atoms with E-state index < -0.39 is 0 Å². The maximum absolute atomic E-state index is 12.1. The van der Waals surface area contributed by atoms with Gasteiger partial charge in [0, 0.05) is 37.2 Å². The topological polar surface area (TPSA) is 32.8 Å². The highest BCUT2D eigenvalue weighted by molar-refractivity contribution is 9.10. The summed E-state index contributed by atoms with van der Waals surface area (Å²) < 4.78 is 6.47. The number of rotatable bonds is 5. The van der Waals surface area contributed by atoms with E-state index in [0.29, 0.717) is 5.75 Å². The Hall–Kier alpha value is -1.33. The van der Waals surface area contributed by atoms with E-state index in [4.69, 9.17) is 4.74 Å². The lowest BCUT2D eigenvalue weighted by atomic mass is 10.3. The molecular formula is C15H19BrN2O2. The van der Waals surface area contributed by atoms with Gasteiger partial charge in [0.05, 0.1) is 0 Å². The van der Waals surface area contributed by atoms with Gasteiger partial charge in [-0.25, -0.2) is 0 Å². The summed E-state index contributed by atoms with van der Waals surface area (Å²) in [4.78, 5) is 16.2. The second-order valence-corrected chi connectivity index (χ2v) is 5.63. The van der Waals surface area contributed by atoms with Crippen LogP contribution in [0.5, 0.6) is 5.75 Å². The number of hydrogen-bond acceptors (Lipinski definition) is 3. The Bertz CT molecular complexity index is 471. The number of hydrogen-bond donors (Lipinski definition) is 0. The molecule has 0 radical (unpaired) electrons. The summed E-state index contributed by atoms with van der Waals surface area (Å²) in [6.07, 6.45) is 1.90. The molecule has 0 spiro atoms. The minimum absolute atomic E-state index is 0.0447. The summed E-state index contributed by atoms with van der Waals surface area (Å²) in [7, 11) is 0. The fourth-order valence-corrected chi connectivity index (χ4v) is 2.53. The summed E-state index contributed by atoms with van der Waals surface area (Å²) in [5.41, 5.74) is 0. The highest BCUT2D eigenvalue weighted by Crippen LogP contribution is 2.17. The Morgan fingerprint density at radius 3 is 2.75 bits per heavy atom. The Morgan fingerprint density at radius 2 is 2.10 bits per heavy atom. The van der Waals surface area contributed by atoms with Crippen LogP contribution in [-0.2, 0) is 4.79 Å². The number of benzene rings is 1. The Kier molecular flexibility index (Phi) is 5.61. The van der Waals surface area contributed by atoms with Crippen LogP contribution >= 0.6 is 15.9 Å². The quantitative estimate of drug-likeness (QED) is 0.771. The van der Waals surface area contributed by atoms with Crippen molar-refractivity contribution in [1.29, 1.82) is 0 Å². The van der Waals surface area contributed by atoms with Gasteiger partial charge in [0.25, 0.3) is 5.91 Å². The van der Waals surface area contributed by atoms with Gasteiger partial charge in [0.15, 0.2) is 6.61 Å². The van der Waals surface area contributed by atoms with Crippen LogP contribution in [0.15, 0.2) is 41.4 Å². The number of halogens is 1. The number of piperazine rings is 1. The highest BCUT2D eigenvalue weighted by Gasteiger charge is 2.20. The first kappa shape index (κ1) is 15.1. The Balaban J connectivity index is 1.77. The molecule has 1 aliphatic heterocycles. The van der Waals surface area contributed by atoms with E-state index in [2.05, 4.69) is 27.4 Å². The third kappa shape index (κ3) is 4.35. The maximum Gasteiger partial charge on any atom is 0.260 e. The zero-order chi connectivity index (χ0) is 14.4. The SMILES string of the molecule is C=CCN1CCN(C(=O)COc2cccc(Br)c2)CC1. The molecule has 20 heavy (non-hydrogen) atoms. The molecule has 5 heteroatoms. The smallest absolute Gasteiger partial charge is 0.260 e. The van der Waals surface area contributed by atoms with E-state index >= 15 is 0 Å². The molecule has 1 amide bonds. The van der Waals surface area contributed by atoms with Crippen molar-refractivity contribution in [3.8, 4) is 5.75 Å². The van der Waals surface area contributed by atoms with Gasteiger partial charge < -0.3 is 9.64 Å². The van der Waals surface area contributed by atoms with Crippen LogP contribution in [0.25, 0.3) is 0 Å². The van der Waals surface area contributed by atoms with E-state index in [1.165, 1.54) is 0 Å². The summed E-state index contributed by atoms with van der Waals surface area (Å²) in [5, 5.41) is 0. The van der Waals surface area contributed by atoms with Crippen LogP contribution in [0.3, 0.4) is 0 Å². The second-order valence-electron chi connectivity index (χ2n) is 4.72. The van der Waals surface area contributed by atoms with Gasteiger partial charge in [0.2, 0.25) is 0 Å². The van der Waals surface area contributed by atoms with Crippen LogP contribution < -0.4 is 4.74 Å². The van der Waals surface area contributed by atoms with Crippen LogP contribution in [0, 0.1) is 0 Å². The third-order valence-electron chi connectivity index (χ3n) is 3.27. The number of nitrogens with zero attached hydrogens (tertiary/aromatic N) is 2. The molecule has 0 saturated carbocycles. The molecule has 1 aromatic rings. The van der Waals surface area contributed by atoms with Crippen LogP contribution in [-0.4, -0.2) is 55.0 Å². The summed E-state index contributed by atoms with van der Waals surface area (Å²) in [5.74, 6) is 0.751. The van der Waals surface area contributed by atoms with Crippen LogP contribution in [0.4, 0.5) is 0 Å². The summed E-state index contributed by atoms with van der Waals surface area (Å²) in [6.45, 7) is 8.03. The van der Waals surface area contributed by atoms with Crippen molar-refractivity contribution < 1.29 is 9.53 Å². The zero-order valence-electron chi connectivity index (χ0n) is 11.4. The van der Waals surface area contributed by atoms with Gasteiger partial charge in [-0.3, -0.25) is 9.69 Å². The molecule has 0 atom stereocenters. The van der Waals surface area contributed by atoms with E-state index in [0.717, 1.165) is 37.2 Å². The van der Waals surface area contributed by atoms with E-state index in [-0.39, 0.29) is 12.5 Å². The van der Waals surface area contributed by atoms with E-state index in [1.807, 2.05) is 35.2 Å². The standard InChI is InChI=1S/C15H19BrN2O2/c1-2-6-17-7-9-18(10-8-17)15(19)12-20-14-5-3-4-13(16)11-14/h2-5,11H,1,6-10,12H2. The van der Waals surface area contributed by atoms with Crippen molar-refractivity contribution >= 4 is 21.8 Å². The third-order valence-corrected chi connectivity index (χ3v) is 3.76. The molecule has 0 N–H and O–H groups in total. The average Bonchev–Trinajstić information content (AvgIpc) is 2.46. The van der Waals surface area contributed by atoms with Crippen molar-refractivity contribution in [2.75, 3.05) is 39.3 Å². The van der Waals surface area contributed by atoms with Crippen molar-refractivity contribution in [2.45, 2.75) is 0 Å². The van der Waals surface area contributed by atoms with Gasteiger partial charge in [-0.2, -0.15) is 0 Å². The van der Waals surface area contributed by atoms with Crippen molar-refractivity contribution in [2.24, 2.45) is 0 Å². The van der Waals surface area contributed by atoms with Gasteiger partial charge in [-0.15, -0.1) is 6.58 Å². The lowest BCUT2D eigenvalue weighted by Crippen LogP contribution is -2.49. The van der Waals surface area contributed by atoms with E-state index in [9.17, 15) is 4.79 Å². The fourth-order valence-electron chi connectivity index (χ4n) is 2.16. The molecule has 0 aromatic heterocycles. The molecule has 1 aromatic carbocycles. The normalized spacial score (nSPS) is 15.9. The van der Waals surface area contributed by atoms with Gasteiger partial charge in [-0.05, 0) is 18.2 Å². The molecule has 0 aliphatic carbocycles. The monoisotopic (exact) mass is 338 g/mol. The molecular weight excluding hydrogens is 320 g/mol. The molecule has 108 valence electrons. The lowest BCUT2D eigenvalue weighted by Gasteiger charge is -2.34. The van der Waals surface area contributed by atoms with Gasteiger partial charge in [-0.1, -0.05) is 28.1 Å². The Morgan fingerprint density at radius 1 is 1.35 bits per heavy atom. The molecule has 1 saturated heterocycles. The predicted octanol–water partition coefficient (Wildman–Crippen LogP) is 2.16.